The van der Waals surface area contributed by atoms with E-state index in [2.05, 4.69) is 0 Å². The number of carboxylic acid groups (broad SMARTS) is 1. The minimum absolute atomic E-state index is 0.0227. The minimum atomic E-state index is -1.00. The van der Waals surface area contributed by atoms with Gasteiger partial charge < -0.3 is 14.6 Å². The molecule has 0 atom stereocenters. The van der Waals surface area contributed by atoms with E-state index >= 15 is 0 Å². The van der Waals surface area contributed by atoms with E-state index in [1.807, 2.05) is 0 Å². The summed E-state index contributed by atoms with van der Waals surface area (Å²) in [6.45, 7) is 0.0227. The SMILES string of the molecule is O=C(O)CCc1cc2c(cc1[N+](=O)[O-])OCO2. The molecule has 0 aromatic heterocycles. The minimum Gasteiger partial charge on any atom is -0.481 e. The summed E-state index contributed by atoms with van der Waals surface area (Å²) in [7, 11) is 0. The molecule has 0 amide bonds. The van der Waals surface area contributed by atoms with E-state index in [1.165, 1.54) is 12.1 Å². The van der Waals surface area contributed by atoms with Crippen molar-refractivity contribution in [1.82, 2.24) is 0 Å². The number of rotatable bonds is 4. The maximum atomic E-state index is 10.8. The third-order valence-corrected chi connectivity index (χ3v) is 2.38. The highest BCUT2D eigenvalue weighted by Crippen LogP contribution is 2.38. The lowest BCUT2D eigenvalue weighted by Crippen LogP contribution is -2.01. The topological polar surface area (TPSA) is 98.9 Å². The molecular weight excluding hydrogens is 230 g/mol. The zero-order chi connectivity index (χ0) is 12.4. The lowest BCUT2D eigenvalue weighted by atomic mass is 10.1. The molecule has 0 fully saturated rings. The summed E-state index contributed by atoms with van der Waals surface area (Å²) >= 11 is 0. The fourth-order valence-electron chi connectivity index (χ4n) is 1.59. The van der Waals surface area contributed by atoms with Gasteiger partial charge in [-0.15, -0.1) is 0 Å². The molecule has 7 nitrogen and oxygen atoms in total. The number of nitrogens with zero attached hydrogens (tertiary/aromatic N) is 1. The predicted octanol–water partition coefficient (Wildman–Crippen LogP) is 1.34. The first kappa shape index (κ1) is 11.2. The van der Waals surface area contributed by atoms with Crippen molar-refractivity contribution in [3.8, 4) is 11.5 Å². The Kier molecular flexibility index (Phi) is 2.82. The van der Waals surface area contributed by atoms with Gasteiger partial charge in [0.2, 0.25) is 6.79 Å². The molecule has 1 aliphatic heterocycles. The largest absolute Gasteiger partial charge is 0.481 e. The molecule has 1 aliphatic rings. The van der Waals surface area contributed by atoms with E-state index in [-0.39, 0.29) is 25.3 Å². The molecule has 90 valence electrons. The molecule has 1 aromatic carbocycles. The number of aryl methyl sites for hydroxylation is 1. The number of nitro groups is 1. The maximum absolute atomic E-state index is 10.8. The van der Waals surface area contributed by atoms with Crippen molar-refractivity contribution in [1.29, 1.82) is 0 Å². The highest BCUT2D eigenvalue weighted by molar-refractivity contribution is 5.67. The Balaban J connectivity index is 2.34. The van der Waals surface area contributed by atoms with Gasteiger partial charge in [0.15, 0.2) is 11.5 Å². The van der Waals surface area contributed by atoms with Gasteiger partial charge in [0, 0.05) is 12.0 Å². The third kappa shape index (κ3) is 2.27. The average molecular weight is 239 g/mol. The summed E-state index contributed by atoms with van der Waals surface area (Å²) in [5, 5.41) is 19.4. The van der Waals surface area contributed by atoms with Gasteiger partial charge in [-0.05, 0) is 12.5 Å². The molecular formula is C10H9NO6. The second kappa shape index (κ2) is 4.28. The molecule has 1 heterocycles. The average Bonchev–Trinajstić information content (AvgIpc) is 2.71. The van der Waals surface area contributed by atoms with Crippen molar-refractivity contribution < 1.29 is 24.3 Å². The molecule has 17 heavy (non-hydrogen) atoms. The first-order chi connectivity index (χ1) is 8.08. The Morgan fingerprint density at radius 3 is 2.65 bits per heavy atom. The van der Waals surface area contributed by atoms with Crippen LogP contribution in [0.15, 0.2) is 12.1 Å². The smallest absolute Gasteiger partial charge is 0.303 e. The summed E-state index contributed by atoms with van der Waals surface area (Å²) in [4.78, 5) is 20.7. The highest BCUT2D eigenvalue weighted by atomic mass is 16.7. The van der Waals surface area contributed by atoms with Crippen molar-refractivity contribution in [2.75, 3.05) is 6.79 Å². The third-order valence-electron chi connectivity index (χ3n) is 2.38. The number of carbonyl (C=O) groups is 1. The number of hydrogen-bond acceptors (Lipinski definition) is 5. The van der Waals surface area contributed by atoms with E-state index in [9.17, 15) is 14.9 Å². The van der Waals surface area contributed by atoms with Crippen molar-refractivity contribution in [3.05, 3.63) is 27.8 Å². The number of hydrogen-bond donors (Lipinski definition) is 1. The van der Waals surface area contributed by atoms with E-state index in [1.54, 1.807) is 0 Å². The number of nitro benzene ring substituents is 1. The van der Waals surface area contributed by atoms with Crippen LogP contribution in [0.25, 0.3) is 0 Å². The van der Waals surface area contributed by atoms with Crippen LogP contribution in [0.1, 0.15) is 12.0 Å². The normalized spacial score (nSPS) is 12.5. The zero-order valence-corrected chi connectivity index (χ0v) is 8.71. The summed E-state index contributed by atoms with van der Waals surface area (Å²) in [6.07, 6.45) is -0.0806. The molecule has 0 aliphatic carbocycles. The standard InChI is InChI=1S/C10H9NO6/c12-10(13)2-1-6-3-8-9(17-5-16-8)4-7(6)11(14)15/h3-4H,1-2,5H2,(H,12,13). The fraction of sp³-hybridized carbons (Fsp3) is 0.300. The van der Waals surface area contributed by atoms with Gasteiger partial charge in [0.25, 0.3) is 5.69 Å². The predicted molar refractivity (Wildman–Crippen MR) is 55.2 cm³/mol. The van der Waals surface area contributed by atoms with Gasteiger partial charge >= 0.3 is 5.97 Å². The van der Waals surface area contributed by atoms with Gasteiger partial charge in [-0.1, -0.05) is 0 Å². The maximum Gasteiger partial charge on any atom is 0.303 e. The molecule has 7 heteroatoms. The lowest BCUT2D eigenvalue weighted by molar-refractivity contribution is -0.385. The van der Waals surface area contributed by atoms with E-state index in [4.69, 9.17) is 14.6 Å². The van der Waals surface area contributed by atoms with Crippen LogP contribution < -0.4 is 9.47 Å². The van der Waals surface area contributed by atoms with Crippen molar-refractivity contribution in [2.45, 2.75) is 12.8 Å². The number of fused-ring (bicyclic) bond motifs is 1. The summed E-state index contributed by atoms with van der Waals surface area (Å²) in [5.74, 6) is -0.274. The van der Waals surface area contributed by atoms with E-state index < -0.39 is 10.9 Å². The van der Waals surface area contributed by atoms with Crippen LogP contribution in [0.4, 0.5) is 5.69 Å². The molecule has 2 rings (SSSR count). The van der Waals surface area contributed by atoms with Crippen LogP contribution in [0.3, 0.4) is 0 Å². The van der Waals surface area contributed by atoms with Crippen molar-refractivity contribution >= 4 is 11.7 Å². The molecule has 1 aromatic rings. The summed E-state index contributed by atoms with van der Waals surface area (Å²) in [6, 6.07) is 2.73. The van der Waals surface area contributed by atoms with Crippen LogP contribution in [-0.4, -0.2) is 22.8 Å². The van der Waals surface area contributed by atoms with Crippen LogP contribution in [0, 0.1) is 10.1 Å². The van der Waals surface area contributed by atoms with Gasteiger partial charge in [-0.3, -0.25) is 14.9 Å². The summed E-state index contributed by atoms with van der Waals surface area (Å²) < 4.78 is 10.1. The van der Waals surface area contributed by atoms with Crippen LogP contribution in [-0.2, 0) is 11.2 Å². The first-order valence-corrected chi connectivity index (χ1v) is 4.86. The van der Waals surface area contributed by atoms with Gasteiger partial charge in [-0.2, -0.15) is 0 Å². The Morgan fingerprint density at radius 2 is 2.06 bits per heavy atom. The zero-order valence-electron chi connectivity index (χ0n) is 8.71. The van der Waals surface area contributed by atoms with Crippen LogP contribution >= 0.6 is 0 Å². The first-order valence-electron chi connectivity index (χ1n) is 4.86. The van der Waals surface area contributed by atoms with Crippen LogP contribution in [0.5, 0.6) is 11.5 Å². The van der Waals surface area contributed by atoms with E-state index in [0.29, 0.717) is 17.1 Å². The molecule has 0 radical (unpaired) electrons. The number of carboxylic acids is 1. The monoisotopic (exact) mass is 239 g/mol. The van der Waals surface area contributed by atoms with Gasteiger partial charge in [0.05, 0.1) is 11.0 Å². The highest BCUT2D eigenvalue weighted by Gasteiger charge is 2.23. The van der Waals surface area contributed by atoms with Gasteiger partial charge in [-0.25, -0.2) is 0 Å². The second-order valence-electron chi connectivity index (χ2n) is 3.49. The molecule has 0 saturated carbocycles. The fourth-order valence-corrected chi connectivity index (χ4v) is 1.59. The van der Waals surface area contributed by atoms with Crippen molar-refractivity contribution in [2.24, 2.45) is 0 Å². The van der Waals surface area contributed by atoms with Crippen molar-refractivity contribution in [3.63, 3.8) is 0 Å². The molecule has 0 unspecified atom stereocenters. The number of benzene rings is 1. The molecule has 1 N–H and O–H groups in total. The Labute approximate surface area is 95.7 Å². The summed E-state index contributed by atoms with van der Waals surface area (Å²) in [5.41, 5.74) is 0.192. The number of ether oxygens (including phenoxy) is 2. The van der Waals surface area contributed by atoms with Gasteiger partial charge in [0.1, 0.15) is 0 Å². The number of aliphatic carboxylic acids is 1. The van der Waals surface area contributed by atoms with Crippen LogP contribution in [0.2, 0.25) is 0 Å². The molecule has 0 bridgehead atoms. The quantitative estimate of drug-likeness (QED) is 0.628. The Morgan fingerprint density at radius 1 is 1.41 bits per heavy atom. The Hall–Kier alpha value is -2.31. The second-order valence-corrected chi connectivity index (χ2v) is 3.49. The lowest BCUT2D eigenvalue weighted by Gasteiger charge is -2.03. The Bertz CT molecular complexity index is 484. The molecule has 0 saturated heterocycles. The molecule has 0 spiro atoms. The van der Waals surface area contributed by atoms with E-state index in [0.717, 1.165) is 0 Å².